The second-order valence-electron chi connectivity index (χ2n) is 9.04. The molecule has 1 aromatic carbocycles. The second-order valence-corrected chi connectivity index (χ2v) is 9.89. The molecule has 1 fully saturated rings. The van der Waals surface area contributed by atoms with Crippen LogP contribution < -0.4 is 20.9 Å². The van der Waals surface area contributed by atoms with Gasteiger partial charge in [-0.1, -0.05) is 23.7 Å². The number of hydrogen-bond acceptors (Lipinski definition) is 5. The van der Waals surface area contributed by atoms with Gasteiger partial charge in [-0.25, -0.2) is 4.98 Å². The molecule has 2 aromatic rings. The number of nitrogens with one attached hydrogen (secondary N) is 3. The van der Waals surface area contributed by atoms with Gasteiger partial charge in [0.25, 0.3) is 0 Å². The number of aryl methyl sites for hydroxylation is 1. The van der Waals surface area contributed by atoms with Crippen LogP contribution >= 0.6 is 23.8 Å². The van der Waals surface area contributed by atoms with Gasteiger partial charge < -0.3 is 20.9 Å². The molecular formula is C24H33ClN6S. The lowest BCUT2D eigenvalue weighted by molar-refractivity contribution is 0.385. The molecule has 172 valence electrons. The van der Waals surface area contributed by atoms with Gasteiger partial charge in [-0.15, -0.1) is 0 Å². The molecule has 0 bridgehead atoms. The smallest absolute Gasteiger partial charge is 0.225 e. The van der Waals surface area contributed by atoms with E-state index in [-0.39, 0.29) is 0 Å². The zero-order chi connectivity index (χ0) is 22.5. The van der Waals surface area contributed by atoms with Crippen LogP contribution in [0.3, 0.4) is 0 Å². The minimum atomic E-state index is 0.403. The average Bonchev–Trinajstić information content (AvgIpc) is 2.79. The third-order valence-corrected chi connectivity index (χ3v) is 6.86. The van der Waals surface area contributed by atoms with E-state index < -0.39 is 0 Å². The summed E-state index contributed by atoms with van der Waals surface area (Å²) >= 11 is 11.4. The summed E-state index contributed by atoms with van der Waals surface area (Å²) in [5.41, 5.74) is 3.72. The van der Waals surface area contributed by atoms with Crippen LogP contribution in [-0.2, 0) is 19.4 Å². The molecule has 0 atom stereocenters. The van der Waals surface area contributed by atoms with E-state index >= 15 is 0 Å². The van der Waals surface area contributed by atoms with E-state index in [0.717, 1.165) is 60.9 Å². The molecule has 0 aliphatic heterocycles. The lowest BCUT2D eigenvalue weighted by Gasteiger charge is -2.31. The first-order valence-corrected chi connectivity index (χ1v) is 12.4. The third-order valence-electron chi connectivity index (χ3n) is 6.35. The number of halogens is 1. The highest BCUT2D eigenvalue weighted by atomic mass is 35.5. The van der Waals surface area contributed by atoms with Crippen molar-refractivity contribution in [1.29, 1.82) is 0 Å². The van der Waals surface area contributed by atoms with Gasteiger partial charge >= 0.3 is 0 Å². The lowest BCUT2D eigenvalue weighted by Crippen LogP contribution is -2.44. The van der Waals surface area contributed by atoms with Gasteiger partial charge in [0.1, 0.15) is 5.82 Å². The molecule has 6 nitrogen and oxygen atoms in total. The molecule has 0 radical (unpaired) electrons. The van der Waals surface area contributed by atoms with Crippen molar-refractivity contribution in [3.05, 3.63) is 46.1 Å². The highest BCUT2D eigenvalue weighted by Crippen LogP contribution is 2.29. The number of thiocarbonyl (C=S) groups is 1. The number of fused-ring (bicyclic) bond motifs is 1. The Hall–Kier alpha value is -2.12. The molecule has 0 amide bonds. The molecule has 3 N–H and O–H groups in total. The van der Waals surface area contributed by atoms with E-state index in [1.807, 2.05) is 24.3 Å². The molecule has 32 heavy (non-hydrogen) atoms. The standard InChI is InChI=1S/C24H33ClN6S/c1-31(2)22-20-5-3-4-6-21(20)29-23(30-22)27-18-11-13-19(14-12-18)28-24(32)26-15-16-7-9-17(25)10-8-16/h7-10,18-19H,3-6,11-15H2,1-2H3,(H2,26,28,32)(H,27,29,30). The fourth-order valence-corrected chi connectivity index (χ4v) is 4.96. The van der Waals surface area contributed by atoms with Crippen molar-refractivity contribution in [2.45, 2.75) is 70.0 Å². The number of benzene rings is 1. The molecule has 2 aliphatic carbocycles. The maximum absolute atomic E-state index is 5.95. The van der Waals surface area contributed by atoms with E-state index in [4.69, 9.17) is 33.8 Å². The second kappa shape index (κ2) is 10.7. The van der Waals surface area contributed by atoms with Gasteiger partial charge in [0.05, 0.1) is 5.69 Å². The average molecular weight is 473 g/mol. The Morgan fingerprint density at radius 2 is 1.72 bits per heavy atom. The maximum atomic E-state index is 5.95. The van der Waals surface area contributed by atoms with Crippen molar-refractivity contribution in [3.63, 3.8) is 0 Å². The van der Waals surface area contributed by atoms with Crippen molar-refractivity contribution in [2.24, 2.45) is 0 Å². The van der Waals surface area contributed by atoms with E-state index in [9.17, 15) is 0 Å². The SMILES string of the molecule is CN(C)c1nc(NC2CCC(NC(=S)NCc3ccc(Cl)cc3)CC2)nc2c1CCCC2. The Morgan fingerprint density at radius 1 is 1.03 bits per heavy atom. The maximum Gasteiger partial charge on any atom is 0.225 e. The molecule has 4 rings (SSSR count). The van der Waals surface area contributed by atoms with Crippen molar-refractivity contribution >= 4 is 40.7 Å². The Morgan fingerprint density at radius 3 is 2.44 bits per heavy atom. The summed E-state index contributed by atoms with van der Waals surface area (Å²) < 4.78 is 0. The fourth-order valence-electron chi connectivity index (χ4n) is 4.59. The van der Waals surface area contributed by atoms with E-state index in [0.29, 0.717) is 23.7 Å². The summed E-state index contributed by atoms with van der Waals surface area (Å²) in [5.74, 6) is 1.86. The first kappa shape index (κ1) is 23.1. The van der Waals surface area contributed by atoms with Crippen LogP contribution in [0.4, 0.5) is 11.8 Å². The molecule has 8 heteroatoms. The van der Waals surface area contributed by atoms with Gasteiger partial charge in [-0.3, -0.25) is 0 Å². The van der Waals surface area contributed by atoms with E-state index in [2.05, 4.69) is 34.9 Å². The summed E-state index contributed by atoms with van der Waals surface area (Å²) in [5, 5.41) is 11.9. The highest BCUT2D eigenvalue weighted by molar-refractivity contribution is 7.80. The minimum Gasteiger partial charge on any atom is -0.362 e. The molecule has 0 saturated heterocycles. The van der Waals surface area contributed by atoms with Crippen LogP contribution in [-0.4, -0.2) is 41.3 Å². The first-order chi connectivity index (χ1) is 15.5. The lowest BCUT2D eigenvalue weighted by atomic mass is 9.91. The van der Waals surface area contributed by atoms with Gasteiger partial charge in [0.15, 0.2) is 5.11 Å². The fraction of sp³-hybridized carbons (Fsp3) is 0.542. The first-order valence-electron chi connectivity index (χ1n) is 11.6. The normalized spacial score (nSPS) is 20.2. The Kier molecular flexibility index (Phi) is 7.68. The Labute approximate surface area is 201 Å². The summed E-state index contributed by atoms with van der Waals surface area (Å²) in [7, 11) is 4.14. The highest BCUT2D eigenvalue weighted by Gasteiger charge is 2.24. The monoisotopic (exact) mass is 472 g/mol. The van der Waals surface area contributed by atoms with Crippen LogP contribution in [0.15, 0.2) is 24.3 Å². The number of aromatic nitrogens is 2. The molecule has 1 saturated carbocycles. The van der Waals surface area contributed by atoms with E-state index in [1.54, 1.807) is 0 Å². The number of hydrogen-bond donors (Lipinski definition) is 3. The number of rotatable bonds is 6. The van der Waals surface area contributed by atoms with Crippen molar-refractivity contribution in [2.75, 3.05) is 24.3 Å². The van der Waals surface area contributed by atoms with Gasteiger partial charge in [-0.2, -0.15) is 4.98 Å². The zero-order valence-electron chi connectivity index (χ0n) is 19.0. The minimum absolute atomic E-state index is 0.403. The van der Waals surface area contributed by atoms with Crippen LogP contribution in [0.2, 0.25) is 5.02 Å². The Balaban J connectivity index is 1.25. The van der Waals surface area contributed by atoms with Crippen LogP contribution in [0, 0.1) is 0 Å². The van der Waals surface area contributed by atoms with Gasteiger partial charge in [0, 0.05) is 43.3 Å². The van der Waals surface area contributed by atoms with Crippen molar-refractivity contribution in [3.8, 4) is 0 Å². The van der Waals surface area contributed by atoms with Crippen molar-refractivity contribution in [1.82, 2.24) is 20.6 Å². The quantitative estimate of drug-likeness (QED) is 0.536. The van der Waals surface area contributed by atoms with Crippen LogP contribution in [0.1, 0.15) is 55.3 Å². The van der Waals surface area contributed by atoms with Gasteiger partial charge in [0.2, 0.25) is 5.95 Å². The topological polar surface area (TPSA) is 65.1 Å². The van der Waals surface area contributed by atoms with E-state index in [1.165, 1.54) is 24.1 Å². The summed E-state index contributed by atoms with van der Waals surface area (Å²) in [4.78, 5) is 11.8. The van der Waals surface area contributed by atoms with Crippen LogP contribution in [0.25, 0.3) is 0 Å². The predicted octanol–water partition coefficient (Wildman–Crippen LogP) is 4.46. The van der Waals surface area contributed by atoms with Crippen molar-refractivity contribution < 1.29 is 0 Å². The molecule has 1 aromatic heterocycles. The summed E-state index contributed by atoms with van der Waals surface area (Å²) in [6.07, 6.45) is 8.91. The summed E-state index contributed by atoms with van der Waals surface area (Å²) in [6, 6.07) is 8.63. The number of anilines is 2. The molecule has 0 unspecified atom stereocenters. The van der Waals surface area contributed by atoms with Gasteiger partial charge in [-0.05, 0) is 81.3 Å². The molecular weight excluding hydrogens is 440 g/mol. The molecule has 1 heterocycles. The number of nitrogens with zero attached hydrogens (tertiary/aromatic N) is 3. The predicted molar refractivity (Wildman–Crippen MR) is 137 cm³/mol. The molecule has 2 aliphatic rings. The largest absolute Gasteiger partial charge is 0.362 e. The zero-order valence-corrected chi connectivity index (χ0v) is 20.5. The summed E-state index contributed by atoms with van der Waals surface area (Å²) in [6.45, 7) is 0.698. The van der Waals surface area contributed by atoms with Crippen LogP contribution in [0.5, 0.6) is 0 Å². The molecule has 0 spiro atoms. The third kappa shape index (κ3) is 6.01. The Bertz CT molecular complexity index is 925.